The molecule has 0 aliphatic carbocycles. The minimum atomic E-state index is 0.148. The second-order valence-corrected chi connectivity index (χ2v) is 8.62. The van der Waals surface area contributed by atoms with Gasteiger partial charge >= 0.3 is 0 Å². The molecule has 160 valence electrons. The molecule has 0 spiro atoms. The van der Waals surface area contributed by atoms with Crippen molar-refractivity contribution in [3.05, 3.63) is 17.1 Å². The summed E-state index contributed by atoms with van der Waals surface area (Å²) in [5.74, 6) is 3.01. The summed E-state index contributed by atoms with van der Waals surface area (Å²) in [4.78, 5) is 26.9. The standard InChI is InChI=1S/C22H34N4O3/c1-16-23-20-8-14-29-13-7-19(20)21(24-16)25-11-5-18(6-12-25)22(27)26-9-3-17(4-10-26)15-28-2/h17-18H,3-15H2,1-2H3. The summed E-state index contributed by atoms with van der Waals surface area (Å²) in [5, 5.41) is 0. The number of methoxy groups -OCH3 is 1. The number of aryl methyl sites for hydroxylation is 1. The van der Waals surface area contributed by atoms with Crippen LogP contribution in [0.1, 0.15) is 42.8 Å². The Morgan fingerprint density at radius 1 is 1.07 bits per heavy atom. The SMILES string of the molecule is COCC1CCN(C(=O)C2CCN(c3nc(C)nc4c3CCOCC4)CC2)CC1. The van der Waals surface area contributed by atoms with Crippen LogP contribution in [-0.4, -0.2) is 73.9 Å². The second-order valence-electron chi connectivity index (χ2n) is 8.62. The zero-order valence-electron chi connectivity index (χ0n) is 17.9. The van der Waals surface area contributed by atoms with Crippen LogP contribution >= 0.6 is 0 Å². The van der Waals surface area contributed by atoms with Gasteiger partial charge in [0.1, 0.15) is 11.6 Å². The van der Waals surface area contributed by atoms with E-state index in [0.717, 1.165) is 102 Å². The minimum absolute atomic E-state index is 0.148. The summed E-state index contributed by atoms with van der Waals surface area (Å²) in [6.45, 7) is 7.80. The molecule has 1 amide bonds. The largest absolute Gasteiger partial charge is 0.384 e. The number of piperidine rings is 2. The topological polar surface area (TPSA) is 67.8 Å². The number of hydrogen-bond acceptors (Lipinski definition) is 6. The molecule has 3 aliphatic rings. The first-order chi connectivity index (χ1) is 14.2. The van der Waals surface area contributed by atoms with Gasteiger partial charge < -0.3 is 19.3 Å². The van der Waals surface area contributed by atoms with E-state index in [1.165, 1.54) is 5.56 Å². The van der Waals surface area contributed by atoms with Crippen LogP contribution in [0.3, 0.4) is 0 Å². The van der Waals surface area contributed by atoms with Gasteiger partial charge in [0.05, 0.1) is 18.9 Å². The lowest BCUT2D eigenvalue weighted by Gasteiger charge is -2.38. The van der Waals surface area contributed by atoms with Gasteiger partial charge in [0.2, 0.25) is 5.91 Å². The maximum atomic E-state index is 13.0. The highest BCUT2D eigenvalue weighted by Crippen LogP contribution is 2.30. The molecule has 3 aliphatic heterocycles. The molecule has 0 bridgehead atoms. The number of anilines is 1. The van der Waals surface area contributed by atoms with Crippen LogP contribution in [0.25, 0.3) is 0 Å². The van der Waals surface area contributed by atoms with Gasteiger partial charge in [-0.1, -0.05) is 0 Å². The van der Waals surface area contributed by atoms with Crippen LogP contribution in [0.5, 0.6) is 0 Å². The second kappa shape index (κ2) is 9.39. The lowest BCUT2D eigenvalue weighted by atomic mass is 9.92. The average molecular weight is 403 g/mol. The number of likely N-dealkylation sites (tertiary alicyclic amines) is 1. The lowest BCUT2D eigenvalue weighted by molar-refractivity contribution is -0.137. The molecule has 0 saturated carbocycles. The molecule has 29 heavy (non-hydrogen) atoms. The van der Waals surface area contributed by atoms with Crippen molar-refractivity contribution in [3.63, 3.8) is 0 Å². The Morgan fingerprint density at radius 2 is 1.79 bits per heavy atom. The summed E-state index contributed by atoms with van der Waals surface area (Å²) >= 11 is 0. The fourth-order valence-electron chi connectivity index (χ4n) is 4.96. The van der Waals surface area contributed by atoms with Crippen molar-refractivity contribution in [2.75, 3.05) is 58.0 Å². The molecule has 0 radical (unpaired) electrons. The van der Waals surface area contributed by atoms with Crippen molar-refractivity contribution in [2.24, 2.45) is 11.8 Å². The van der Waals surface area contributed by atoms with Crippen LogP contribution in [0, 0.1) is 18.8 Å². The number of aromatic nitrogens is 2. The molecule has 4 heterocycles. The Bertz CT molecular complexity index is 710. The van der Waals surface area contributed by atoms with Crippen LogP contribution in [-0.2, 0) is 27.1 Å². The monoisotopic (exact) mass is 402 g/mol. The van der Waals surface area contributed by atoms with Crippen LogP contribution < -0.4 is 4.90 Å². The van der Waals surface area contributed by atoms with E-state index in [1.54, 1.807) is 7.11 Å². The van der Waals surface area contributed by atoms with Crippen molar-refractivity contribution in [1.29, 1.82) is 0 Å². The van der Waals surface area contributed by atoms with Gasteiger partial charge in [-0.15, -0.1) is 0 Å². The molecule has 0 unspecified atom stereocenters. The number of rotatable bonds is 4. The lowest BCUT2D eigenvalue weighted by Crippen LogP contribution is -2.46. The van der Waals surface area contributed by atoms with E-state index < -0.39 is 0 Å². The Labute approximate surface area is 173 Å². The summed E-state index contributed by atoms with van der Waals surface area (Å²) < 4.78 is 10.9. The highest BCUT2D eigenvalue weighted by atomic mass is 16.5. The highest BCUT2D eigenvalue weighted by molar-refractivity contribution is 5.79. The van der Waals surface area contributed by atoms with E-state index in [1.807, 2.05) is 6.92 Å². The fraction of sp³-hybridized carbons (Fsp3) is 0.773. The van der Waals surface area contributed by atoms with Gasteiger partial charge in [0.15, 0.2) is 0 Å². The van der Waals surface area contributed by atoms with Crippen LogP contribution in [0.4, 0.5) is 5.82 Å². The van der Waals surface area contributed by atoms with E-state index >= 15 is 0 Å². The molecule has 1 aromatic rings. The number of ether oxygens (including phenoxy) is 2. The Kier molecular flexibility index (Phi) is 6.65. The molecule has 0 N–H and O–H groups in total. The summed E-state index contributed by atoms with van der Waals surface area (Å²) in [6, 6.07) is 0. The third kappa shape index (κ3) is 4.72. The van der Waals surface area contributed by atoms with Crippen molar-refractivity contribution in [2.45, 2.75) is 45.4 Å². The molecule has 1 aromatic heterocycles. The Hall–Kier alpha value is -1.73. The van der Waals surface area contributed by atoms with E-state index in [4.69, 9.17) is 14.5 Å². The first-order valence-corrected chi connectivity index (χ1v) is 11.1. The first kappa shape index (κ1) is 20.5. The smallest absolute Gasteiger partial charge is 0.225 e. The zero-order valence-corrected chi connectivity index (χ0v) is 17.9. The molecular weight excluding hydrogens is 368 g/mol. The number of carbonyl (C=O) groups excluding carboxylic acids is 1. The van der Waals surface area contributed by atoms with Gasteiger partial charge in [0.25, 0.3) is 0 Å². The van der Waals surface area contributed by atoms with Gasteiger partial charge in [-0.3, -0.25) is 4.79 Å². The predicted molar refractivity (Wildman–Crippen MR) is 111 cm³/mol. The van der Waals surface area contributed by atoms with Gasteiger partial charge in [-0.05, 0) is 38.5 Å². The Morgan fingerprint density at radius 3 is 2.52 bits per heavy atom. The molecule has 0 atom stereocenters. The third-order valence-corrected chi connectivity index (χ3v) is 6.63. The van der Waals surface area contributed by atoms with E-state index in [-0.39, 0.29) is 5.92 Å². The quantitative estimate of drug-likeness (QED) is 0.767. The fourth-order valence-corrected chi connectivity index (χ4v) is 4.96. The minimum Gasteiger partial charge on any atom is -0.384 e. The summed E-state index contributed by atoms with van der Waals surface area (Å²) in [5.41, 5.74) is 2.39. The van der Waals surface area contributed by atoms with Gasteiger partial charge in [0, 0.05) is 64.2 Å². The Balaban J connectivity index is 1.36. The molecular formula is C22H34N4O3. The average Bonchev–Trinajstić information content (AvgIpc) is 2.99. The summed E-state index contributed by atoms with van der Waals surface area (Å²) in [6.07, 6.45) is 5.68. The van der Waals surface area contributed by atoms with Crippen molar-refractivity contribution in [3.8, 4) is 0 Å². The maximum Gasteiger partial charge on any atom is 0.225 e. The molecule has 7 nitrogen and oxygen atoms in total. The number of hydrogen-bond donors (Lipinski definition) is 0. The zero-order chi connectivity index (χ0) is 20.2. The van der Waals surface area contributed by atoms with E-state index in [0.29, 0.717) is 11.8 Å². The number of fused-ring (bicyclic) bond motifs is 1. The van der Waals surface area contributed by atoms with Crippen LogP contribution in [0.15, 0.2) is 0 Å². The molecule has 2 fully saturated rings. The van der Waals surface area contributed by atoms with Crippen molar-refractivity contribution in [1.82, 2.24) is 14.9 Å². The number of carbonyl (C=O) groups is 1. The molecule has 2 saturated heterocycles. The molecule has 0 aromatic carbocycles. The number of amides is 1. The van der Waals surface area contributed by atoms with Crippen LogP contribution in [0.2, 0.25) is 0 Å². The number of nitrogens with zero attached hydrogens (tertiary/aromatic N) is 4. The van der Waals surface area contributed by atoms with Gasteiger partial charge in [-0.2, -0.15) is 0 Å². The molecule has 4 rings (SSSR count). The summed E-state index contributed by atoms with van der Waals surface area (Å²) in [7, 11) is 1.76. The van der Waals surface area contributed by atoms with E-state index in [9.17, 15) is 4.79 Å². The third-order valence-electron chi connectivity index (χ3n) is 6.63. The highest BCUT2D eigenvalue weighted by Gasteiger charge is 2.32. The maximum absolute atomic E-state index is 13.0. The predicted octanol–water partition coefficient (Wildman–Crippen LogP) is 2.00. The van der Waals surface area contributed by atoms with Gasteiger partial charge in [-0.25, -0.2) is 9.97 Å². The van der Waals surface area contributed by atoms with E-state index in [2.05, 4.69) is 14.8 Å². The molecule has 7 heteroatoms. The van der Waals surface area contributed by atoms with Crippen molar-refractivity contribution >= 4 is 11.7 Å². The van der Waals surface area contributed by atoms with Crippen molar-refractivity contribution < 1.29 is 14.3 Å². The first-order valence-electron chi connectivity index (χ1n) is 11.1. The normalized spacial score (nSPS) is 21.7.